The Bertz CT molecular complexity index is 848. The van der Waals surface area contributed by atoms with E-state index in [0.29, 0.717) is 15.6 Å². The van der Waals surface area contributed by atoms with Gasteiger partial charge in [0.05, 0.1) is 17.2 Å². The van der Waals surface area contributed by atoms with E-state index in [0.717, 1.165) is 42.7 Å². The molecule has 0 saturated heterocycles. The summed E-state index contributed by atoms with van der Waals surface area (Å²) in [6.45, 7) is 0.763. The Labute approximate surface area is 177 Å². The number of halogens is 2. The molecule has 1 aliphatic rings. The molecule has 1 saturated carbocycles. The third-order valence-corrected chi connectivity index (χ3v) is 6.30. The van der Waals surface area contributed by atoms with Gasteiger partial charge in [0, 0.05) is 18.0 Å². The Balaban J connectivity index is 2.12. The van der Waals surface area contributed by atoms with E-state index < -0.39 is 5.60 Å². The van der Waals surface area contributed by atoms with Gasteiger partial charge < -0.3 is 14.7 Å². The summed E-state index contributed by atoms with van der Waals surface area (Å²) >= 11 is 12.9. The monoisotopic (exact) mass is 419 g/mol. The molecular formula is C23H27Cl2NO2. The van der Waals surface area contributed by atoms with Gasteiger partial charge in [-0.3, -0.25) is 0 Å². The molecule has 0 radical (unpaired) electrons. The summed E-state index contributed by atoms with van der Waals surface area (Å²) in [6, 6.07) is 13.4. The Morgan fingerprint density at radius 3 is 2.54 bits per heavy atom. The maximum atomic E-state index is 12.1. The van der Waals surface area contributed by atoms with Crippen LogP contribution in [0.4, 0.5) is 0 Å². The molecule has 0 heterocycles. The Morgan fingerprint density at radius 1 is 1.18 bits per heavy atom. The normalized spacial score (nSPS) is 24.0. The minimum Gasteiger partial charge on any atom is -0.497 e. The lowest BCUT2D eigenvalue weighted by atomic mass is 9.67. The van der Waals surface area contributed by atoms with Crippen LogP contribution in [-0.2, 0) is 5.60 Å². The van der Waals surface area contributed by atoms with Gasteiger partial charge in [-0.05, 0) is 62.7 Å². The number of rotatable bonds is 5. The molecule has 2 aromatic carbocycles. The Morgan fingerprint density at radius 2 is 1.89 bits per heavy atom. The van der Waals surface area contributed by atoms with Gasteiger partial charge in [-0.25, -0.2) is 0 Å². The molecule has 1 N–H and O–H groups in total. The molecular weight excluding hydrogens is 393 g/mol. The van der Waals surface area contributed by atoms with E-state index in [2.05, 4.69) is 11.0 Å². The molecule has 150 valence electrons. The van der Waals surface area contributed by atoms with Crippen molar-refractivity contribution >= 4 is 29.3 Å². The highest BCUT2D eigenvalue weighted by molar-refractivity contribution is 6.42. The molecule has 28 heavy (non-hydrogen) atoms. The minimum absolute atomic E-state index is 0.0247. The number of methoxy groups -OCH3 is 1. The number of nitrogens with zero attached hydrogens (tertiary/aromatic N) is 1. The van der Waals surface area contributed by atoms with Gasteiger partial charge in [0.2, 0.25) is 0 Å². The summed E-state index contributed by atoms with van der Waals surface area (Å²) in [5, 5.41) is 13.0. The molecule has 1 fully saturated rings. The van der Waals surface area contributed by atoms with Crippen molar-refractivity contribution in [2.24, 2.45) is 5.92 Å². The first-order valence-electron chi connectivity index (χ1n) is 9.53. The van der Waals surface area contributed by atoms with E-state index in [-0.39, 0.29) is 5.92 Å². The molecule has 0 spiro atoms. The summed E-state index contributed by atoms with van der Waals surface area (Å²) in [5.74, 6) is 0.834. The zero-order chi connectivity index (χ0) is 20.3. The first-order valence-corrected chi connectivity index (χ1v) is 10.3. The largest absolute Gasteiger partial charge is 0.497 e. The summed E-state index contributed by atoms with van der Waals surface area (Å²) in [6.07, 6.45) is 4.85. The highest BCUT2D eigenvalue weighted by Gasteiger charge is 2.45. The number of benzene rings is 2. The highest BCUT2D eigenvalue weighted by atomic mass is 35.5. The fraction of sp³-hybridized carbons (Fsp3) is 0.391. The van der Waals surface area contributed by atoms with Crippen molar-refractivity contribution in [2.75, 3.05) is 27.7 Å². The summed E-state index contributed by atoms with van der Waals surface area (Å²) < 4.78 is 5.25. The van der Waals surface area contributed by atoms with E-state index in [1.807, 2.05) is 50.5 Å². The summed E-state index contributed by atoms with van der Waals surface area (Å²) in [5.41, 5.74) is 1.52. The van der Waals surface area contributed by atoms with Crippen LogP contribution in [0.1, 0.15) is 30.4 Å². The van der Waals surface area contributed by atoms with E-state index >= 15 is 0 Å². The van der Waals surface area contributed by atoms with E-state index in [9.17, 15) is 5.11 Å². The van der Waals surface area contributed by atoms with Crippen LogP contribution >= 0.6 is 23.2 Å². The SMILES string of the molecule is COc1ccc(/C=C2\CCCC(CN(C)C)C2(O)c2cccc(Cl)c2Cl)cc1. The second-order valence-corrected chi connectivity index (χ2v) is 8.45. The molecule has 5 heteroatoms. The average Bonchev–Trinajstić information content (AvgIpc) is 2.67. The number of hydrogen-bond acceptors (Lipinski definition) is 3. The van der Waals surface area contributed by atoms with Crippen LogP contribution in [0.3, 0.4) is 0 Å². The zero-order valence-electron chi connectivity index (χ0n) is 16.6. The first-order chi connectivity index (χ1) is 13.4. The predicted molar refractivity (Wildman–Crippen MR) is 117 cm³/mol. The van der Waals surface area contributed by atoms with Crippen molar-refractivity contribution < 1.29 is 9.84 Å². The molecule has 0 bridgehead atoms. The van der Waals surface area contributed by atoms with Gasteiger partial charge in [0.15, 0.2) is 0 Å². The second-order valence-electron chi connectivity index (χ2n) is 7.66. The quantitative estimate of drug-likeness (QED) is 0.680. The number of hydrogen-bond donors (Lipinski definition) is 1. The van der Waals surface area contributed by atoms with Crippen molar-refractivity contribution in [2.45, 2.75) is 24.9 Å². The van der Waals surface area contributed by atoms with Crippen LogP contribution < -0.4 is 4.74 Å². The predicted octanol–water partition coefficient (Wildman–Crippen LogP) is 5.63. The maximum absolute atomic E-state index is 12.1. The summed E-state index contributed by atoms with van der Waals surface area (Å²) in [7, 11) is 5.71. The molecule has 3 nitrogen and oxygen atoms in total. The van der Waals surface area contributed by atoms with Crippen LogP contribution in [0.25, 0.3) is 6.08 Å². The van der Waals surface area contributed by atoms with E-state index in [1.165, 1.54) is 0 Å². The fourth-order valence-corrected chi connectivity index (χ4v) is 4.58. The lowest BCUT2D eigenvalue weighted by molar-refractivity contribution is -0.0173. The molecule has 0 aliphatic heterocycles. The van der Waals surface area contributed by atoms with Gasteiger partial charge in [-0.2, -0.15) is 0 Å². The molecule has 2 atom stereocenters. The van der Waals surface area contributed by atoms with Crippen LogP contribution in [-0.4, -0.2) is 37.8 Å². The van der Waals surface area contributed by atoms with Gasteiger partial charge in [-0.1, -0.05) is 53.5 Å². The van der Waals surface area contributed by atoms with E-state index in [1.54, 1.807) is 13.2 Å². The van der Waals surface area contributed by atoms with E-state index in [4.69, 9.17) is 27.9 Å². The van der Waals surface area contributed by atoms with Crippen LogP contribution in [0.5, 0.6) is 5.75 Å². The smallest absolute Gasteiger partial charge is 0.118 e. The second kappa shape index (κ2) is 8.87. The lowest BCUT2D eigenvalue weighted by Gasteiger charge is -2.44. The zero-order valence-corrected chi connectivity index (χ0v) is 18.1. The molecule has 2 aromatic rings. The average molecular weight is 420 g/mol. The Hall–Kier alpha value is -1.52. The van der Waals surface area contributed by atoms with Gasteiger partial charge in [-0.15, -0.1) is 0 Å². The number of ether oxygens (including phenoxy) is 1. The third-order valence-electron chi connectivity index (χ3n) is 5.48. The maximum Gasteiger partial charge on any atom is 0.118 e. The van der Waals surface area contributed by atoms with Crippen LogP contribution in [0, 0.1) is 5.92 Å². The topological polar surface area (TPSA) is 32.7 Å². The molecule has 2 unspecified atom stereocenters. The first kappa shape index (κ1) is 21.2. The molecule has 1 aliphatic carbocycles. The van der Waals surface area contributed by atoms with Gasteiger partial charge >= 0.3 is 0 Å². The van der Waals surface area contributed by atoms with Crippen molar-refractivity contribution in [1.29, 1.82) is 0 Å². The van der Waals surface area contributed by atoms with Crippen LogP contribution in [0.2, 0.25) is 10.0 Å². The van der Waals surface area contributed by atoms with Gasteiger partial charge in [0.1, 0.15) is 11.4 Å². The Kier molecular flexibility index (Phi) is 6.72. The minimum atomic E-state index is -1.16. The number of aliphatic hydroxyl groups is 1. The van der Waals surface area contributed by atoms with Crippen LogP contribution in [0.15, 0.2) is 48.0 Å². The standard InChI is InChI=1S/C23H27Cl2NO2/c1-26(2)15-18-7-4-6-17(14-16-10-12-19(28-3)13-11-16)23(18,27)20-8-5-9-21(24)22(20)25/h5,8-14,18,27H,4,6-7,15H2,1-3H3/b17-14+. The fourth-order valence-electron chi connectivity index (χ4n) is 4.14. The molecule has 0 amide bonds. The lowest BCUT2D eigenvalue weighted by Crippen LogP contribution is -2.44. The van der Waals surface area contributed by atoms with Crippen molar-refractivity contribution in [3.8, 4) is 5.75 Å². The van der Waals surface area contributed by atoms with Crippen molar-refractivity contribution in [3.63, 3.8) is 0 Å². The van der Waals surface area contributed by atoms with Gasteiger partial charge in [0.25, 0.3) is 0 Å². The molecule has 3 rings (SSSR count). The van der Waals surface area contributed by atoms with Crippen molar-refractivity contribution in [3.05, 3.63) is 69.2 Å². The third kappa shape index (κ3) is 4.23. The summed E-state index contributed by atoms with van der Waals surface area (Å²) in [4.78, 5) is 2.12. The molecule has 0 aromatic heterocycles. The highest BCUT2D eigenvalue weighted by Crippen LogP contribution is 2.49. The van der Waals surface area contributed by atoms with Crippen molar-refractivity contribution in [1.82, 2.24) is 4.90 Å².